The predicted molar refractivity (Wildman–Crippen MR) is 94.4 cm³/mol. The molecule has 3 aromatic rings. The molecule has 0 saturated heterocycles. The van der Waals surface area contributed by atoms with Gasteiger partial charge in [-0.3, -0.25) is 4.79 Å². The van der Waals surface area contributed by atoms with Crippen LogP contribution in [0.1, 0.15) is 27.3 Å². The molecule has 23 heavy (non-hydrogen) atoms. The maximum Gasteiger partial charge on any atom is 0.255 e. The number of benzene rings is 2. The summed E-state index contributed by atoms with van der Waals surface area (Å²) in [5, 5.41) is 2.98. The summed E-state index contributed by atoms with van der Waals surface area (Å²) in [4.78, 5) is 12.5. The van der Waals surface area contributed by atoms with Crippen molar-refractivity contribution in [3.05, 3.63) is 83.2 Å². The van der Waals surface area contributed by atoms with Gasteiger partial charge in [0.1, 0.15) is 0 Å². The largest absolute Gasteiger partial charge is 0.322 e. The number of hydrogen-bond donors (Lipinski definition) is 1. The van der Waals surface area contributed by atoms with Crippen LogP contribution in [0.25, 0.3) is 5.69 Å². The Morgan fingerprint density at radius 1 is 0.870 bits per heavy atom. The second kappa shape index (κ2) is 6.13. The molecule has 0 aliphatic rings. The highest BCUT2D eigenvalue weighted by molar-refractivity contribution is 6.04. The lowest BCUT2D eigenvalue weighted by molar-refractivity contribution is 0.102. The molecule has 0 aliphatic carbocycles. The summed E-state index contributed by atoms with van der Waals surface area (Å²) in [6.45, 7) is 6.11. The van der Waals surface area contributed by atoms with Gasteiger partial charge in [0.05, 0.1) is 0 Å². The van der Waals surface area contributed by atoms with Crippen molar-refractivity contribution in [1.29, 1.82) is 0 Å². The van der Waals surface area contributed by atoms with Crippen molar-refractivity contribution in [3.8, 4) is 5.69 Å². The molecule has 1 aromatic heterocycles. The summed E-state index contributed by atoms with van der Waals surface area (Å²) in [7, 11) is 0. The number of amides is 1. The Labute approximate surface area is 136 Å². The summed E-state index contributed by atoms with van der Waals surface area (Å²) in [5.74, 6) is -0.0939. The number of para-hydroxylation sites is 1. The van der Waals surface area contributed by atoms with E-state index in [2.05, 4.69) is 35.9 Å². The smallest absolute Gasteiger partial charge is 0.255 e. The van der Waals surface area contributed by atoms with Crippen LogP contribution >= 0.6 is 0 Å². The van der Waals surface area contributed by atoms with E-state index in [9.17, 15) is 4.79 Å². The molecular formula is C20H20N2O. The highest BCUT2D eigenvalue weighted by Crippen LogP contribution is 2.19. The average Bonchev–Trinajstić information content (AvgIpc) is 2.88. The van der Waals surface area contributed by atoms with E-state index in [1.807, 2.05) is 55.5 Å². The van der Waals surface area contributed by atoms with Crippen molar-refractivity contribution >= 4 is 11.6 Å². The summed E-state index contributed by atoms with van der Waals surface area (Å²) in [5.41, 5.74) is 5.85. The summed E-state index contributed by atoms with van der Waals surface area (Å²) >= 11 is 0. The van der Waals surface area contributed by atoms with Gasteiger partial charge in [0.2, 0.25) is 0 Å². The van der Waals surface area contributed by atoms with Crippen LogP contribution in [-0.2, 0) is 0 Å². The lowest BCUT2D eigenvalue weighted by Crippen LogP contribution is -2.13. The molecule has 2 aromatic carbocycles. The van der Waals surface area contributed by atoms with Gasteiger partial charge in [-0.2, -0.15) is 0 Å². The zero-order chi connectivity index (χ0) is 16.4. The Bertz CT molecular complexity index is 842. The molecule has 0 spiro atoms. The van der Waals surface area contributed by atoms with Crippen LogP contribution in [0.4, 0.5) is 5.69 Å². The van der Waals surface area contributed by atoms with Crippen molar-refractivity contribution in [1.82, 2.24) is 4.57 Å². The number of carbonyl (C=O) groups excluding carboxylic acids is 1. The average molecular weight is 304 g/mol. The van der Waals surface area contributed by atoms with E-state index < -0.39 is 0 Å². The molecule has 0 radical (unpaired) electrons. The van der Waals surface area contributed by atoms with Crippen molar-refractivity contribution in [3.63, 3.8) is 0 Å². The van der Waals surface area contributed by atoms with Gasteiger partial charge in [0, 0.05) is 28.3 Å². The van der Waals surface area contributed by atoms with E-state index in [-0.39, 0.29) is 5.91 Å². The lowest BCUT2D eigenvalue weighted by atomic mass is 10.1. The Morgan fingerprint density at radius 3 is 2.26 bits per heavy atom. The van der Waals surface area contributed by atoms with E-state index in [4.69, 9.17) is 0 Å². The van der Waals surface area contributed by atoms with E-state index >= 15 is 0 Å². The second-order valence-electron chi connectivity index (χ2n) is 5.77. The normalized spacial score (nSPS) is 10.6. The number of nitrogens with zero attached hydrogens (tertiary/aromatic N) is 1. The molecule has 0 aliphatic heterocycles. The van der Waals surface area contributed by atoms with Crippen LogP contribution in [0.2, 0.25) is 0 Å². The number of anilines is 1. The van der Waals surface area contributed by atoms with Gasteiger partial charge in [-0.05, 0) is 62.7 Å². The number of carbonyl (C=O) groups is 1. The molecule has 1 amide bonds. The van der Waals surface area contributed by atoms with Crippen molar-refractivity contribution in [2.75, 3.05) is 5.32 Å². The Morgan fingerprint density at radius 2 is 1.57 bits per heavy atom. The zero-order valence-corrected chi connectivity index (χ0v) is 13.6. The first-order chi connectivity index (χ1) is 11.1. The molecule has 0 saturated carbocycles. The Kier molecular flexibility index (Phi) is 4.02. The first-order valence-corrected chi connectivity index (χ1v) is 7.68. The van der Waals surface area contributed by atoms with Crippen LogP contribution in [-0.4, -0.2) is 10.5 Å². The maximum atomic E-state index is 12.5. The van der Waals surface area contributed by atoms with E-state index in [0.29, 0.717) is 5.56 Å². The number of aromatic nitrogens is 1. The molecule has 0 unspecified atom stereocenters. The topological polar surface area (TPSA) is 34.0 Å². The standard InChI is InChI=1S/C20H20N2O/c1-14-7-4-5-10-19(14)21-20(23)17-8-6-9-18(13-17)22-15(2)11-12-16(22)3/h4-13H,1-3H3,(H,21,23). The van der Waals surface area contributed by atoms with Gasteiger partial charge in [-0.25, -0.2) is 0 Å². The molecule has 116 valence electrons. The van der Waals surface area contributed by atoms with Gasteiger partial charge in [0.25, 0.3) is 5.91 Å². The molecule has 1 heterocycles. The molecule has 3 heteroatoms. The molecule has 0 atom stereocenters. The van der Waals surface area contributed by atoms with Crippen LogP contribution in [0.5, 0.6) is 0 Å². The fraction of sp³-hybridized carbons (Fsp3) is 0.150. The Hall–Kier alpha value is -2.81. The van der Waals surface area contributed by atoms with Gasteiger partial charge < -0.3 is 9.88 Å². The minimum absolute atomic E-state index is 0.0939. The highest BCUT2D eigenvalue weighted by Gasteiger charge is 2.10. The van der Waals surface area contributed by atoms with Crippen molar-refractivity contribution < 1.29 is 4.79 Å². The van der Waals surface area contributed by atoms with Crippen LogP contribution in [0.15, 0.2) is 60.7 Å². The predicted octanol–water partition coefficient (Wildman–Crippen LogP) is 4.65. The van der Waals surface area contributed by atoms with E-state index in [0.717, 1.165) is 28.3 Å². The molecule has 0 bridgehead atoms. The summed E-state index contributed by atoms with van der Waals surface area (Å²) in [6, 6.07) is 19.6. The van der Waals surface area contributed by atoms with Crippen LogP contribution in [0.3, 0.4) is 0 Å². The molecule has 3 rings (SSSR count). The van der Waals surface area contributed by atoms with E-state index in [1.54, 1.807) is 0 Å². The fourth-order valence-electron chi connectivity index (χ4n) is 2.77. The number of hydrogen-bond acceptors (Lipinski definition) is 1. The second-order valence-corrected chi connectivity index (χ2v) is 5.77. The first kappa shape index (κ1) is 15.1. The molecule has 0 fully saturated rings. The molecular weight excluding hydrogens is 284 g/mol. The van der Waals surface area contributed by atoms with Crippen molar-refractivity contribution in [2.45, 2.75) is 20.8 Å². The third-order valence-corrected chi connectivity index (χ3v) is 4.03. The van der Waals surface area contributed by atoms with E-state index in [1.165, 1.54) is 0 Å². The summed E-state index contributed by atoms with van der Waals surface area (Å²) in [6.07, 6.45) is 0. The maximum absolute atomic E-state index is 12.5. The number of rotatable bonds is 3. The van der Waals surface area contributed by atoms with Crippen LogP contribution in [0, 0.1) is 20.8 Å². The summed E-state index contributed by atoms with van der Waals surface area (Å²) < 4.78 is 2.14. The first-order valence-electron chi connectivity index (χ1n) is 7.68. The third kappa shape index (κ3) is 3.04. The monoisotopic (exact) mass is 304 g/mol. The van der Waals surface area contributed by atoms with Gasteiger partial charge in [0.15, 0.2) is 0 Å². The third-order valence-electron chi connectivity index (χ3n) is 4.03. The fourth-order valence-corrected chi connectivity index (χ4v) is 2.77. The minimum Gasteiger partial charge on any atom is -0.322 e. The van der Waals surface area contributed by atoms with Crippen LogP contribution < -0.4 is 5.32 Å². The SMILES string of the molecule is Cc1ccccc1NC(=O)c1cccc(-n2c(C)ccc2C)c1. The zero-order valence-electron chi connectivity index (χ0n) is 13.6. The number of aryl methyl sites for hydroxylation is 3. The minimum atomic E-state index is -0.0939. The van der Waals surface area contributed by atoms with Crippen molar-refractivity contribution in [2.24, 2.45) is 0 Å². The Balaban J connectivity index is 1.91. The lowest BCUT2D eigenvalue weighted by Gasteiger charge is -2.12. The molecule has 1 N–H and O–H groups in total. The quantitative estimate of drug-likeness (QED) is 0.750. The van der Waals surface area contributed by atoms with Gasteiger partial charge in [-0.15, -0.1) is 0 Å². The number of nitrogens with one attached hydrogen (secondary N) is 1. The van der Waals surface area contributed by atoms with Gasteiger partial charge >= 0.3 is 0 Å². The molecule has 3 nitrogen and oxygen atoms in total. The van der Waals surface area contributed by atoms with Gasteiger partial charge in [-0.1, -0.05) is 24.3 Å². The highest BCUT2D eigenvalue weighted by atomic mass is 16.1.